The Morgan fingerprint density at radius 3 is 2.39 bits per heavy atom. The summed E-state index contributed by atoms with van der Waals surface area (Å²) in [7, 11) is 0. The highest BCUT2D eigenvalue weighted by Gasteiger charge is 2.19. The van der Waals surface area contributed by atoms with Crippen molar-refractivity contribution < 1.29 is 4.74 Å². The molecule has 1 aliphatic rings. The topological polar surface area (TPSA) is 21.3 Å². The first-order valence-corrected chi connectivity index (χ1v) is 7.11. The molecule has 0 spiro atoms. The Balaban J connectivity index is 1.68. The molecule has 2 heteroatoms. The fourth-order valence-corrected chi connectivity index (χ4v) is 2.39. The first kappa shape index (κ1) is 13.4. The predicted molar refractivity (Wildman–Crippen MR) is 76.4 cm³/mol. The number of rotatable bonds is 7. The molecule has 0 amide bonds. The molecule has 0 saturated heterocycles. The van der Waals surface area contributed by atoms with Gasteiger partial charge in [0.25, 0.3) is 0 Å². The highest BCUT2D eigenvalue weighted by Crippen LogP contribution is 2.24. The zero-order valence-electron chi connectivity index (χ0n) is 11.9. The van der Waals surface area contributed by atoms with Crippen molar-refractivity contribution in [3.05, 3.63) is 28.8 Å². The van der Waals surface area contributed by atoms with Crippen molar-refractivity contribution in [1.29, 1.82) is 0 Å². The molecular weight excluding hydrogens is 222 g/mol. The van der Waals surface area contributed by atoms with Gasteiger partial charge in [0.15, 0.2) is 0 Å². The van der Waals surface area contributed by atoms with Crippen LogP contribution in [0.5, 0.6) is 5.75 Å². The lowest BCUT2D eigenvalue weighted by Crippen LogP contribution is -2.18. The Morgan fingerprint density at radius 1 is 1.11 bits per heavy atom. The second-order valence-electron chi connectivity index (χ2n) is 5.51. The second kappa shape index (κ2) is 6.24. The molecule has 0 atom stereocenters. The molecule has 0 bridgehead atoms. The molecule has 1 fully saturated rings. The van der Waals surface area contributed by atoms with E-state index in [-0.39, 0.29) is 0 Å². The van der Waals surface area contributed by atoms with Crippen molar-refractivity contribution in [3.63, 3.8) is 0 Å². The van der Waals surface area contributed by atoms with Gasteiger partial charge in [-0.05, 0) is 64.1 Å². The number of benzene rings is 1. The first-order chi connectivity index (χ1) is 8.66. The Hall–Kier alpha value is -1.02. The molecule has 18 heavy (non-hydrogen) atoms. The third kappa shape index (κ3) is 4.02. The first-order valence-electron chi connectivity index (χ1n) is 7.11. The van der Waals surface area contributed by atoms with Gasteiger partial charge in [-0.2, -0.15) is 0 Å². The second-order valence-corrected chi connectivity index (χ2v) is 5.51. The molecule has 0 aliphatic heterocycles. The molecule has 100 valence electrons. The summed E-state index contributed by atoms with van der Waals surface area (Å²) in [4.78, 5) is 0. The van der Waals surface area contributed by atoms with Gasteiger partial charge in [0.1, 0.15) is 5.75 Å². The summed E-state index contributed by atoms with van der Waals surface area (Å²) in [6, 6.07) is 5.21. The number of aryl methyl sites for hydroxylation is 3. The van der Waals surface area contributed by atoms with E-state index in [9.17, 15) is 0 Å². The Kier molecular flexibility index (Phi) is 4.65. The maximum Gasteiger partial charge on any atom is 0.125 e. The van der Waals surface area contributed by atoms with Crippen molar-refractivity contribution in [2.24, 2.45) is 0 Å². The van der Waals surface area contributed by atoms with Crippen LogP contribution < -0.4 is 10.1 Å². The summed E-state index contributed by atoms with van der Waals surface area (Å²) in [6.07, 6.45) is 5.09. The fraction of sp³-hybridized carbons (Fsp3) is 0.625. The van der Waals surface area contributed by atoms with Crippen LogP contribution in [0.2, 0.25) is 0 Å². The van der Waals surface area contributed by atoms with Crippen LogP contribution in [0.15, 0.2) is 12.1 Å². The summed E-state index contributed by atoms with van der Waals surface area (Å²) in [6.45, 7) is 8.36. The molecule has 1 N–H and O–H groups in total. The Morgan fingerprint density at radius 2 is 1.78 bits per heavy atom. The van der Waals surface area contributed by atoms with Crippen LogP contribution in [-0.2, 0) is 0 Å². The smallest absolute Gasteiger partial charge is 0.125 e. The monoisotopic (exact) mass is 247 g/mol. The summed E-state index contributed by atoms with van der Waals surface area (Å²) >= 11 is 0. The van der Waals surface area contributed by atoms with Crippen LogP contribution in [0.25, 0.3) is 0 Å². The molecule has 0 radical (unpaired) electrons. The standard InChI is InChI=1S/C16H25NO/c1-12-10-13(2)16(14(3)11-12)18-9-5-4-8-17-15-6-7-15/h10-11,15,17H,4-9H2,1-3H3. The van der Waals surface area contributed by atoms with Crippen LogP contribution in [-0.4, -0.2) is 19.2 Å². The van der Waals surface area contributed by atoms with Gasteiger partial charge in [0.05, 0.1) is 6.61 Å². The quantitative estimate of drug-likeness (QED) is 0.744. The van der Waals surface area contributed by atoms with E-state index in [4.69, 9.17) is 4.74 Å². The summed E-state index contributed by atoms with van der Waals surface area (Å²) < 4.78 is 5.92. The van der Waals surface area contributed by atoms with Gasteiger partial charge in [-0.3, -0.25) is 0 Å². The molecule has 1 aromatic carbocycles. The third-order valence-electron chi connectivity index (χ3n) is 3.43. The van der Waals surface area contributed by atoms with Crippen molar-refractivity contribution in [2.45, 2.75) is 52.5 Å². The zero-order valence-corrected chi connectivity index (χ0v) is 11.9. The normalized spacial score (nSPS) is 14.8. The maximum absolute atomic E-state index is 5.92. The summed E-state index contributed by atoms with van der Waals surface area (Å²) in [5, 5.41) is 3.53. The minimum Gasteiger partial charge on any atom is -0.493 e. The maximum atomic E-state index is 5.92. The van der Waals surface area contributed by atoms with Crippen LogP contribution >= 0.6 is 0 Å². The van der Waals surface area contributed by atoms with E-state index >= 15 is 0 Å². The highest BCUT2D eigenvalue weighted by molar-refractivity contribution is 5.42. The fourth-order valence-electron chi connectivity index (χ4n) is 2.39. The van der Waals surface area contributed by atoms with Crippen molar-refractivity contribution in [1.82, 2.24) is 5.32 Å². The van der Waals surface area contributed by atoms with Crippen LogP contribution in [0.4, 0.5) is 0 Å². The van der Waals surface area contributed by atoms with Crippen molar-refractivity contribution in [3.8, 4) is 5.75 Å². The predicted octanol–water partition coefficient (Wildman–Crippen LogP) is 3.52. The lowest BCUT2D eigenvalue weighted by atomic mass is 10.1. The van der Waals surface area contributed by atoms with Crippen molar-refractivity contribution >= 4 is 0 Å². The molecular formula is C16H25NO. The number of ether oxygens (including phenoxy) is 1. The van der Waals surface area contributed by atoms with Gasteiger partial charge in [-0.15, -0.1) is 0 Å². The van der Waals surface area contributed by atoms with Crippen LogP contribution in [0, 0.1) is 20.8 Å². The van der Waals surface area contributed by atoms with Gasteiger partial charge in [0.2, 0.25) is 0 Å². The third-order valence-corrected chi connectivity index (χ3v) is 3.43. The molecule has 1 aliphatic carbocycles. The van der Waals surface area contributed by atoms with Gasteiger partial charge < -0.3 is 10.1 Å². The van der Waals surface area contributed by atoms with E-state index in [0.717, 1.165) is 31.4 Å². The van der Waals surface area contributed by atoms with Gasteiger partial charge in [-0.1, -0.05) is 17.7 Å². The number of unbranched alkanes of at least 4 members (excludes halogenated alkanes) is 1. The van der Waals surface area contributed by atoms with E-state index in [2.05, 4.69) is 38.2 Å². The average Bonchev–Trinajstić information content (AvgIpc) is 3.09. The van der Waals surface area contributed by atoms with E-state index in [1.165, 1.54) is 36.0 Å². The summed E-state index contributed by atoms with van der Waals surface area (Å²) in [5.41, 5.74) is 3.82. The largest absolute Gasteiger partial charge is 0.493 e. The van der Waals surface area contributed by atoms with Gasteiger partial charge in [0, 0.05) is 6.04 Å². The van der Waals surface area contributed by atoms with Crippen LogP contribution in [0.3, 0.4) is 0 Å². The lowest BCUT2D eigenvalue weighted by Gasteiger charge is -2.13. The van der Waals surface area contributed by atoms with Gasteiger partial charge >= 0.3 is 0 Å². The zero-order chi connectivity index (χ0) is 13.0. The molecule has 1 saturated carbocycles. The molecule has 0 unspecified atom stereocenters. The molecule has 1 aromatic rings. The SMILES string of the molecule is Cc1cc(C)c(OCCCCNC2CC2)c(C)c1. The molecule has 0 aromatic heterocycles. The van der Waals surface area contributed by atoms with E-state index in [1.54, 1.807) is 0 Å². The summed E-state index contributed by atoms with van der Waals surface area (Å²) in [5.74, 6) is 1.08. The van der Waals surface area contributed by atoms with Crippen LogP contribution in [0.1, 0.15) is 42.4 Å². The Bertz CT molecular complexity index is 373. The van der Waals surface area contributed by atoms with E-state index in [0.29, 0.717) is 0 Å². The van der Waals surface area contributed by atoms with Crippen molar-refractivity contribution in [2.75, 3.05) is 13.2 Å². The van der Waals surface area contributed by atoms with E-state index in [1.807, 2.05) is 0 Å². The minimum absolute atomic E-state index is 0.826. The average molecular weight is 247 g/mol. The Labute approximate surface area is 111 Å². The molecule has 2 nitrogen and oxygen atoms in total. The lowest BCUT2D eigenvalue weighted by molar-refractivity contribution is 0.302. The van der Waals surface area contributed by atoms with E-state index < -0.39 is 0 Å². The minimum atomic E-state index is 0.826. The number of nitrogens with one attached hydrogen (secondary N) is 1. The number of hydrogen-bond acceptors (Lipinski definition) is 2. The highest BCUT2D eigenvalue weighted by atomic mass is 16.5. The number of hydrogen-bond donors (Lipinski definition) is 1. The van der Waals surface area contributed by atoms with Gasteiger partial charge in [-0.25, -0.2) is 0 Å². The molecule has 0 heterocycles. The molecule has 2 rings (SSSR count).